The van der Waals surface area contributed by atoms with Gasteiger partial charge >= 0.3 is 0 Å². The van der Waals surface area contributed by atoms with E-state index in [1.807, 2.05) is 37.3 Å². The lowest BCUT2D eigenvalue weighted by Crippen LogP contribution is -2.38. The van der Waals surface area contributed by atoms with Crippen LogP contribution in [0.15, 0.2) is 66.7 Å². The molecule has 2 aliphatic heterocycles. The van der Waals surface area contributed by atoms with Crippen LogP contribution < -0.4 is 0 Å². The summed E-state index contributed by atoms with van der Waals surface area (Å²) in [6, 6.07) is 17.7. The number of amides is 2. The molecule has 7 nitrogen and oxygen atoms in total. The minimum absolute atomic E-state index is 0.00582. The van der Waals surface area contributed by atoms with E-state index < -0.39 is 29.6 Å². The molecular weight excluding hydrogens is 578 g/mol. The van der Waals surface area contributed by atoms with E-state index in [2.05, 4.69) is 0 Å². The highest BCUT2D eigenvalue weighted by Crippen LogP contribution is 2.32. The molecule has 0 saturated carbocycles. The van der Waals surface area contributed by atoms with Crippen molar-refractivity contribution in [1.82, 2.24) is 9.80 Å². The molecule has 4 atom stereocenters. The van der Waals surface area contributed by atoms with Crippen molar-refractivity contribution < 1.29 is 33.0 Å². The Hall–Kier alpha value is -3.95. The SMILES string of the molecule is COC[C@H]1CCCN1C(=O)c1cc(C)cc(C(=O)C[C@@H](Cc2cc(F)cc(F)c2)[C@H](O)[C@@H]2CCN(Cc3ccccc3)C2=O)c1. The summed E-state index contributed by atoms with van der Waals surface area (Å²) in [5.41, 5.74) is 2.70. The first kappa shape index (κ1) is 32.4. The van der Waals surface area contributed by atoms with Gasteiger partial charge < -0.3 is 19.6 Å². The summed E-state index contributed by atoms with van der Waals surface area (Å²) in [4.78, 5) is 44.2. The Balaban J connectivity index is 1.37. The molecule has 1 N–H and O–H groups in total. The third kappa shape index (κ3) is 7.83. The van der Waals surface area contributed by atoms with Crippen molar-refractivity contribution in [3.63, 3.8) is 0 Å². The van der Waals surface area contributed by atoms with Crippen LogP contribution in [0.4, 0.5) is 8.78 Å². The molecule has 3 aromatic rings. The number of carbonyl (C=O) groups is 3. The number of hydrogen-bond acceptors (Lipinski definition) is 5. The lowest BCUT2D eigenvalue weighted by atomic mass is 9.81. The molecule has 2 amide bonds. The van der Waals surface area contributed by atoms with Gasteiger partial charge in [0.05, 0.1) is 24.7 Å². The maximum Gasteiger partial charge on any atom is 0.254 e. The van der Waals surface area contributed by atoms with Gasteiger partial charge in [-0.25, -0.2) is 8.78 Å². The molecule has 45 heavy (non-hydrogen) atoms. The smallest absolute Gasteiger partial charge is 0.254 e. The number of hydrogen-bond donors (Lipinski definition) is 1. The van der Waals surface area contributed by atoms with Gasteiger partial charge in [0.25, 0.3) is 5.91 Å². The highest BCUT2D eigenvalue weighted by Gasteiger charge is 2.40. The summed E-state index contributed by atoms with van der Waals surface area (Å²) in [5.74, 6) is -3.78. The van der Waals surface area contributed by atoms with Crippen LogP contribution >= 0.6 is 0 Å². The van der Waals surface area contributed by atoms with Crippen molar-refractivity contribution in [2.75, 3.05) is 26.8 Å². The maximum absolute atomic E-state index is 14.1. The molecule has 2 aliphatic rings. The molecule has 2 saturated heterocycles. The van der Waals surface area contributed by atoms with Crippen LogP contribution in [0.3, 0.4) is 0 Å². The zero-order valence-electron chi connectivity index (χ0n) is 25.8. The number of halogens is 2. The molecule has 2 fully saturated rings. The molecule has 0 aliphatic carbocycles. The molecule has 0 bridgehead atoms. The average Bonchev–Trinajstić information content (AvgIpc) is 3.62. The summed E-state index contributed by atoms with van der Waals surface area (Å²) < 4.78 is 33.5. The number of aryl methyl sites for hydroxylation is 1. The quantitative estimate of drug-likeness (QED) is 0.276. The normalized spacial score (nSPS) is 19.6. The van der Waals surface area contributed by atoms with Gasteiger partial charge in [0, 0.05) is 50.4 Å². The second-order valence-corrected chi connectivity index (χ2v) is 12.3. The summed E-state index contributed by atoms with van der Waals surface area (Å²) in [6.45, 7) is 3.72. The highest BCUT2D eigenvalue weighted by atomic mass is 19.1. The minimum atomic E-state index is -1.22. The summed E-state index contributed by atoms with van der Waals surface area (Å²) in [5, 5.41) is 11.6. The van der Waals surface area contributed by atoms with Crippen LogP contribution in [-0.4, -0.2) is 71.5 Å². The van der Waals surface area contributed by atoms with E-state index in [1.54, 1.807) is 35.1 Å². The topological polar surface area (TPSA) is 87.2 Å². The molecule has 2 heterocycles. The van der Waals surface area contributed by atoms with E-state index in [0.29, 0.717) is 43.8 Å². The number of rotatable bonds is 12. The van der Waals surface area contributed by atoms with Crippen molar-refractivity contribution in [2.24, 2.45) is 11.8 Å². The number of Topliss-reactive ketones (excluding diaryl/α,β-unsaturated/α-hetero) is 1. The Morgan fingerprint density at radius 1 is 0.956 bits per heavy atom. The van der Waals surface area contributed by atoms with E-state index in [9.17, 15) is 28.3 Å². The number of likely N-dealkylation sites (tertiary alicyclic amines) is 2. The van der Waals surface area contributed by atoms with E-state index in [1.165, 1.54) is 12.1 Å². The monoisotopic (exact) mass is 618 g/mol. The Bertz CT molecular complexity index is 1510. The van der Waals surface area contributed by atoms with Crippen molar-refractivity contribution in [1.29, 1.82) is 0 Å². The van der Waals surface area contributed by atoms with E-state index in [4.69, 9.17) is 4.74 Å². The summed E-state index contributed by atoms with van der Waals surface area (Å²) >= 11 is 0. The predicted molar refractivity (Wildman–Crippen MR) is 166 cm³/mol. The molecule has 0 aromatic heterocycles. The lowest BCUT2D eigenvalue weighted by molar-refractivity contribution is -0.135. The molecule has 5 rings (SSSR count). The fourth-order valence-corrected chi connectivity index (χ4v) is 6.77. The molecule has 238 valence electrons. The lowest BCUT2D eigenvalue weighted by Gasteiger charge is -2.27. The second kappa shape index (κ2) is 14.4. The van der Waals surface area contributed by atoms with Gasteiger partial charge in [0.15, 0.2) is 5.78 Å². The van der Waals surface area contributed by atoms with Gasteiger partial charge in [-0.1, -0.05) is 30.3 Å². The predicted octanol–water partition coefficient (Wildman–Crippen LogP) is 5.37. The van der Waals surface area contributed by atoms with Crippen LogP contribution in [-0.2, 0) is 22.5 Å². The number of benzene rings is 3. The number of methoxy groups -OCH3 is 1. The maximum atomic E-state index is 14.1. The van der Waals surface area contributed by atoms with Gasteiger partial charge in [-0.05, 0) is 85.5 Å². The highest BCUT2D eigenvalue weighted by molar-refractivity contribution is 6.01. The van der Waals surface area contributed by atoms with Gasteiger partial charge in [-0.15, -0.1) is 0 Å². The summed E-state index contributed by atoms with van der Waals surface area (Å²) in [6.07, 6.45) is 0.721. The van der Waals surface area contributed by atoms with Crippen molar-refractivity contribution in [3.8, 4) is 0 Å². The van der Waals surface area contributed by atoms with E-state index in [-0.39, 0.29) is 42.0 Å². The minimum Gasteiger partial charge on any atom is -0.392 e. The van der Waals surface area contributed by atoms with Crippen LogP contribution in [0.25, 0.3) is 0 Å². The fourth-order valence-electron chi connectivity index (χ4n) is 6.77. The number of ether oxygens (including phenoxy) is 1. The number of ketones is 1. The van der Waals surface area contributed by atoms with Gasteiger partial charge in [-0.2, -0.15) is 0 Å². The van der Waals surface area contributed by atoms with Crippen LogP contribution in [0.5, 0.6) is 0 Å². The van der Waals surface area contributed by atoms with Crippen LogP contribution in [0, 0.1) is 30.4 Å². The van der Waals surface area contributed by atoms with Crippen LogP contribution in [0.2, 0.25) is 0 Å². The second-order valence-electron chi connectivity index (χ2n) is 12.3. The summed E-state index contributed by atoms with van der Waals surface area (Å²) in [7, 11) is 1.60. The van der Waals surface area contributed by atoms with Gasteiger partial charge in [0.1, 0.15) is 11.6 Å². The fraction of sp³-hybridized carbons (Fsp3) is 0.417. The van der Waals surface area contributed by atoms with Gasteiger partial charge in [0.2, 0.25) is 5.91 Å². The first-order chi connectivity index (χ1) is 21.6. The third-order valence-electron chi connectivity index (χ3n) is 8.96. The zero-order valence-corrected chi connectivity index (χ0v) is 25.8. The van der Waals surface area contributed by atoms with Crippen molar-refractivity contribution >= 4 is 17.6 Å². The molecule has 0 unspecified atom stereocenters. The number of aliphatic hydroxyl groups excluding tert-OH is 1. The molecule has 9 heteroatoms. The van der Waals surface area contributed by atoms with Crippen LogP contribution in [0.1, 0.15) is 63.1 Å². The standard InChI is InChI=1S/C36H40F2N2O5/c1-23-13-26(18-28(14-23)35(43)40-11-6-9-31(40)22-45-2)33(41)19-27(15-25-16-29(37)20-30(38)17-25)34(42)32-10-12-39(36(32)44)21-24-7-4-3-5-8-24/h3-5,7-8,13-14,16-18,20,27,31-32,34,42H,6,9-12,15,19,21-22H2,1-2H3/t27-,31-,32+,34+/m1/s1. The number of aliphatic hydroxyl groups is 1. The molecular formula is C36H40F2N2O5. The first-order valence-electron chi connectivity index (χ1n) is 15.5. The number of carbonyl (C=O) groups excluding carboxylic acids is 3. The molecule has 0 spiro atoms. The Labute approximate surface area is 262 Å². The van der Waals surface area contributed by atoms with Crippen molar-refractivity contribution in [3.05, 3.63) is 106 Å². The Kier molecular flexibility index (Phi) is 10.4. The average molecular weight is 619 g/mol. The largest absolute Gasteiger partial charge is 0.392 e. The third-order valence-corrected chi connectivity index (χ3v) is 8.96. The van der Waals surface area contributed by atoms with Gasteiger partial charge in [-0.3, -0.25) is 14.4 Å². The van der Waals surface area contributed by atoms with E-state index >= 15 is 0 Å². The Morgan fingerprint density at radius 3 is 2.38 bits per heavy atom. The van der Waals surface area contributed by atoms with E-state index in [0.717, 1.165) is 30.0 Å². The van der Waals surface area contributed by atoms with Crippen molar-refractivity contribution in [2.45, 2.75) is 57.7 Å². The molecule has 0 radical (unpaired) electrons. The number of nitrogens with zero attached hydrogens (tertiary/aromatic N) is 2. The molecule has 3 aromatic carbocycles. The Morgan fingerprint density at radius 2 is 1.67 bits per heavy atom. The zero-order chi connectivity index (χ0) is 32.1. The first-order valence-corrected chi connectivity index (χ1v) is 15.5.